The summed E-state index contributed by atoms with van der Waals surface area (Å²) in [6.07, 6.45) is -0.187. The molecule has 0 spiro atoms. The molecule has 0 aliphatic rings. The second-order valence-corrected chi connectivity index (χ2v) is 4.58. The van der Waals surface area contributed by atoms with E-state index in [1.807, 2.05) is 0 Å². The summed E-state index contributed by atoms with van der Waals surface area (Å²) in [5.41, 5.74) is -0.679. The van der Waals surface area contributed by atoms with Crippen LogP contribution in [0.5, 0.6) is 0 Å². The van der Waals surface area contributed by atoms with Crippen LogP contribution in [0.1, 0.15) is 19.4 Å². The van der Waals surface area contributed by atoms with Gasteiger partial charge in [0.25, 0.3) is 0 Å². The molecule has 0 amide bonds. The van der Waals surface area contributed by atoms with Crippen LogP contribution in [0.3, 0.4) is 0 Å². The largest absolute Gasteiger partial charge is 0.387 e. The smallest absolute Gasteiger partial charge is 0.127 e. The monoisotopic (exact) mass is 246 g/mol. The molecule has 0 aliphatic heterocycles. The van der Waals surface area contributed by atoms with Crippen LogP contribution in [-0.4, -0.2) is 23.9 Å². The molecule has 0 heterocycles. The van der Waals surface area contributed by atoms with Gasteiger partial charge in [0.2, 0.25) is 0 Å². The molecule has 0 saturated carbocycles. The summed E-state index contributed by atoms with van der Waals surface area (Å²) in [6, 6.07) is 4.42. The maximum atomic E-state index is 13.5. The highest BCUT2D eigenvalue weighted by molar-refractivity contribution is 6.30. The maximum absolute atomic E-state index is 13.5. The molecule has 1 rings (SSSR count). The van der Waals surface area contributed by atoms with Gasteiger partial charge in [-0.25, -0.2) is 4.39 Å². The predicted octanol–water partition coefficient (Wildman–Crippen LogP) is 2.81. The zero-order chi connectivity index (χ0) is 12.3. The van der Waals surface area contributed by atoms with Crippen LogP contribution in [0.4, 0.5) is 4.39 Å². The number of halogens is 2. The average Bonchev–Trinajstić information content (AvgIpc) is 2.21. The lowest BCUT2D eigenvalue weighted by molar-refractivity contribution is -0.0719. The van der Waals surface area contributed by atoms with Crippen LogP contribution in [0.2, 0.25) is 5.02 Å². The van der Waals surface area contributed by atoms with Gasteiger partial charge in [0.15, 0.2) is 0 Å². The van der Waals surface area contributed by atoms with Crippen LogP contribution in [0.15, 0.2) is 18.2 Å². The Morgan fingerprint density at radius 3 is 2.69 bits per heavy atom. The summed E-state index contributed by atoms with van der Waals surface area (Å²) >= 11 is 5.65. The fourth-order valence-corrected chi connectivity index (χ4v) is 1.61. The van der Waals surface area contributed by atoms with Gasteiger partial charge in [-0.05, 0) is 31.5 Å². The van der Waals surface area contributed by atoms with Gasteiger partial charge in [0.05, 0.1) is 11.7 Å². The molecule has 0 fully saturated rings. The maximum Gasteiger partial charge on any atom is 0.127 e. The van der Waals surface area contributed by atoms with Gasteiger partial charge in [-0.2, -0.15) is 0 Å². The van der Waals surface area contributed by atoms with Crippen molar-refractivity contribution in [3.05, 3.63) is 34.6 Å². The number of rotatable bonds is 4. The molecule has 4 heteroatoms. The van der Waals surface area contributed by atoms with E-state index in [-0.39, 0.29) is 12.5 Å². The van der Waals surface area contributed by atoms with E-state index < -0.39 is 11.4 Å². The van der Waals surface area contributed by atoms with Crippen LogP contribution in [-0.2, 0) is 11.2 Å². The van der Waals surface area contributed by atoms with E-state index in [0.717, 1.165) is 0 Å². The minimum atomic E-state index is -1.11. The Morgan fingerprint density at radius 1 is 1.56 bits per heavy atom. The number of aliphatic hydroxyl groups is 1. The molecule has 1 N–H and O–H groups in total. The molecule has 0 bridgehead atoms. The molecule has 0 aliphatic carbocycles. The van der Waals surface area contributed by atoms with Crippen molar-refractivity contribution in [1.29, 1.82) is 0 Å². The Hall–Kier alpha value is -0.640. The summed E-state index contributed by atoms with van der Waals surface area (Å²) < 4.78 is 18.6. The van der Waals surface area contributed by atoms with Crippen molar-refractivity contribution in [1.82, 2.24) is 0 Å². The van der Waals surface area contributed by atoms with E-state index in [1.54, 1.807) is 26.0 Å². The number of hydrogen-bond acceptors (Lipinski definition) is 2. The highest BCUT2D eigenvalue weighted by Crippen LogP contribution is 2.22. The van der Waals surface area contributed by atoms with Crippen molar-refractivity contribution in [2.24, 2.45) is 0 Å². The SMILES string of the molecule is COC(C)C(C)(O)Cc1ccc(Cl)cc1F. The lowest BCUT2D eigenvalue weighted by atomic mass is 9.91. The average molecular weight is 247 g/mol. The number of methoxy groups -OCH3 is 1. The van der Waals surface area contributed by atoms with Gasteiger partial charge < -0.3 is 9.84 Å². The molecule has 2 nitrogen and oxygen atoms in total. The molecule has 2 unspecified atom stereocenters. The van der Waals surface area contributed by atoms with Crippen molar-refractivity contribution < 1.29 is 14.2 Å². The first kappa shape index (κ1) is 13.4. The van der Waals surface area contributed by atoms with E-state index in [9.17, 15) is 9.50 Å². The zero-order valence-corrected chi connectivity index (χ0v) is 10.4. The summed E-state index contributed by atoms with van der Waals surface area (Å²) in [7, 11) is 1.51. The van der Waals surface area contributed by atoms with Crippen LogP contribution < -0.4 is 0 Å². The Kier molecular flexibility index (Phi) is 4.30. The minimum Gasteiger partial charge on any atom is -0.387 e. The second-order valence-electron chi connectivity index (χ2n) is 4.15. The zero-order valence-electron chi connectivity index (χ0n) is 9.63. The molecule has 1 aromatic carbocycles. The summed E-state index contributed by atoms with van der Waals surface area (Å²) in [6.45, 7) is 3.36. The van der Waals surface area contributed by atoms with Crippen molar-refractivity contribution in [3.63, 3.8) is 0 Å². The molecule has 0 saturated heterocycles. The van der Waals surface area contributed by atoms with Gasteiger partial charge in [-0.15, -0.1) is 0 Å². The van der Waals surface area contributed by atoms with E-state index in [0.29, 0.717) is 10.6 Å². The number of hydrogen-bond donors (Lipinski definition) is 1. The van der Waals surface area contributed by atoms with Gasteiger partial charge in [-0.1, -0.05) is 17.7 Å². The van der Waals surface area contributed by atoms with Gasteiger partial charge in [0.1, 0.15) is 5.82 Å². The molecule has 1 aromatic rings. The van der Waals surface area contributed by atoms with Gasteiger partial charge >= 0.3 is 0 Å². The third-order valence-corrected chi connectivity index (χ3v) is 3.03. The minimum absolute atomic E-state index is 0.186. The molecule has 90 valence electrons. The fourth-order valence-electron chi connectivity index (χ4n) is 1.45. The van der Waals surface area contributed by atoms with E-state index in [2.05, 4.69) is 0 Å². The normalized spacial score (nSPS) is 16.9. The molecular weight excluding hydrogens is 231 g/mol. The van der Waals surface area contributed by atoms with E-state index >= 15 is 0 Å². The Morgan fingerprint density at radius 2 is 2.19 bits per heavy atom. The number of benzene rings is 1. The Labute approximate surface area is 100.0 Å². The Bertz CT molecular complexity index is 366. The molecule has 2 atom stereocenters. The summed E-state index contributed by atoms with van der Waals surface area (Å²) in [5, 5.41) is 10.5. The molecule has 0 aromatic heterocycles. The van der Waals surface area contributed by atoms with Gasteiger partial charge in [-0.3, -0.25) is 0 Å². The molecular formula is C12H16ClFO2. The second kappa shape index (κ2) is 5.13. The lowest BCUT2D eigenvalue weighted by Gasteiger charge is -2.29. The first-order valence-corrected chi connectivity index (χ1v) is 5.43. The first-order valence-electron chi connectivity index (χ1n) is 5.06. The topological polar surface area (TPSA) is 29.5 Å². The summed E-state index contributed by atoms with van der Waals surface area (Å²) in [5.74, 6) is -0.406. The van der Waals surface area contributed by atoms with Crippen LogP contribution in [0.25, 0.3) is 0 Å². The third kappa shape index (κ3) is 3.17. The van der Waals surface area contributed by atoms with E-state index in [4.69, 9.17) is 16.3 Å². The van der Waals surface area contributed by atoms with Crippen molar-refractivity contribution in [3.8, 4) is 0 Å². The molecule has 16 heavy (non-hydrogen) atoms. The van der Waals surface area contributed by atoms with Crippen LogP contribution in [0, 0.1) is 5.82 Å². The Balaban J connectivity index is 2.87. The predicted molar refractivity (Wildman–Crippen MR) is 62.2 cm³/mol. The number of ether oxygens (including phenoxy) is 1. The molecule has 0 radical (unpaired) electrons. The van der Waals surface area contributed by atoms with Crippen molar-refractivity contribution >= 4 is 11.6 Å². The van der Waals surface area contributed by atoms with Crippen molar-refractivity contribution in [2.75, 3.05) is 7.11 Å². The van der Waals surface area contributed by atoms with Crippen molar-refractivity contribution in [2.45, 2.75) is 32.0 Å². The fraction of sp³-hybridized carbons (Fsp3) is 0.500. The standard InChI is InChI=1S/C12H16ClFO2/c1-8(16-3)12(2,15)7-9-4-5-10(13)6-11(9)14/h4-6,8,15H,7H2,1-3H3. The first-order chi connectivity index (χ1) is 7.36. The van der Waals surface area contributed by atoms with E-state index in [1.165, 1.54) is 13.2 Å². The van der Waals surface area contributed by atoms with Crippen LogP contribution >= 0.6 is 11.6 Å². The third-order valence-electron chi connectivity index (χ3n) is 2.79. The quantitative estimate of drug-likeness (QED) is 0.885. The highest BCUT2D eigenvalue weighted by atomic mass is 35.5. The highest BCUT2D eigenvalue weighted by Gasteiger charge is 2.29. The summed E-state index contributed by atoms with van der Waals surface area (Å²) in [4.78, 5) is 0. The van der Waals surface area contributed by atoms with Gasteiger partial charge in [0, 0.05) is 18.6 Å². The lowest BCUT2D eigenvalue weighted by Crippen LogP contribution is -2.40.